The van der Waals surface area contributed by atoms with Crippen molar-refractivity contribution < 1.29 is 18.7 Å². The van der Waals surface area contributed by atoms with Gasteiger partial charge in [-0.05, 0) is 51.5 Å². The Morgan fingerprint density at radius 1 is 1.28 bits per heavy atom. The van der Waals surface area contributed by atoms with Crippen molar-refractivity contribution in [2.24, 2.45) is 5.92 Å². The molecule has 0 bridgehead atoms. The maximum atomic E-state index is 12.7. The van der Waals surface area contributed by atoms with E-state index in [9.17, 15) is 9.59 Å². The van der Waals surface area contributed by atoms with Crippen LogP contribution in [-0.4, -0.2) is 60.0 Å². The maximum Gasteiger partial charge on any atom is 0.257 e. The van der Waals surface area contributed by atoms with Crippen LogP contribution >= 0.6 is 0 Å². The molecule has 0 unspecified atom stereocenters. The highest BCUT2D eigenvalue weighted by atomic mass is 16.5. The summed E-state index contributed by atoms with van der Waals surface area (Å²) in [6.07, 6.45) is 4.04. The highest BCUT2D eigenvalue weighted by molar-refractivity contribution is 5.95. The highest BCUT2D eigenvalue weighted by Gasteiger charge is 2.44. The average molecular weight is 346 g/mol. The van der Waals surface area contributed by atoms with Gasteiger partial charge in [0.2, 0.25) is 5.91 Å². The molecule has 1 aromatic heterocycles. The summed E-state index contributed by atoms with van der Waals surface area (Å²) in [6.45, 7) is 6.74. The quantitative estimate of drug-likeness (QED) is 0.841. The van der Waals surface area contributed by atoms with Crippen molar-refractivity contribution in [1.29, 1.82) is 0 Å². The van der Waals surface area contributed by atoms with Crippen molar-refractivity contribution in [3.05, 3.63) is 23.2 Å². The summed E-state index contributed by atoms with van der Waals surface area (Å²) in [5.41, 5.74) is 0.379. The first-order chi connectivity index (χ1) is 12.0. The van der Waals surface area contributed by atoms with Crippen LogP contribution in [0.5, 0.6) is 0 Å². The monoisotopic (exact) mass is 346 g/mol. The van der Waals surface area contributed by atoms with Gasteiger partial charge in [0.25, 0.3) is 5.91 Å². The van der Waals surface area contributed by atoms with Crippen LogP contribution in [0.25, 0.3) is 0 Å². The van der Waals surface area contributed by atoms with E-state index in [0.717, 1.165) is 25.1 Å². The zero-order chi connectivity index (χ0) is 17.6. The lowest BCUT2D eigenvalue weighted by Gasteiger charge is -2.47. The minimum Gasteiger partial charge on any atom is -0.466 e. The molecule has 0 aromatic carbocycles. The molecule has 0 atom stereocenters. The molecule has 1 saturated carbocycles. The summed E-state index contributed by atoms with van der Waals surface area (Å²) in [5.74, 6) is 2.27. The molecule has 0 N–H and O–H groups in total. The molecule has 1 aromatic rings. The lowest BCUT2D eigenvalue weighted by molar-refractivity contribution is -0.170. The number of furan rings is 1. The molecule has 3 heterocycles. The number of hydrogen-bond donors (Lipinski definition) is 0. The molecular formula is C19H26N2O4. The fourth-order valence-corrected chi connectivity index (χ4v) is 4.00. The summed E-state index contributed by atoms with van der Waals surface area (Å²) in [7, 11) is 0. The first kappa shape index (κ1) is 16.6. The zero-order valence-corrected chi connectivity index (χ0v) is 15.0. The predicted molar refractivity (Wildman–Crippen MR) is 91.3 cm³/mol. The molecule has 6 heteroatoms. The normalized spacial score (nSPS) is 23.4. The predicted octanol–water partition coefficient (Wildman–Crippen LogP) is 2.14. The molecule has 4 rings (SSSR count). The van der Waals surface area contributed by atoms with Crippen LogP contribution in [0.2, 0.25) is 0 Å². The number of likely N-dealkylation sites (tertiary alicyclic amines) is 1. The third kappa shape index (κ3) is 3.32. The number of nitrogens with zero attached hydrogens (tertiary/aromatic N) is 2. The molecule has 2 aliphatic heterocycles. The van der Waals surface area contributed by atoms with E-state index in [1.54, 1.807) is 0 Å². The number of aryl methyl sites for hydroxylation is 2. The van der Waals surface area contributed by atoms with Gasteiger partial charge in [-0.15, -0.1) is 0 Å². The van der Waals surface area contributed by atoms with Gasteiger partial charge in [-0.2, -0.15) is 0 Å². The fraction of sp³-hybridized carbons (Fsp3) is 0.684. The standard InChI is InChI=1S/C19H26N2O4/c1-13-9-16(14(2)25-13)18(23)20-7-5-19(6-8-20)12-21(10-15-3-4-15)17(22)11-24-19/h9,15H,3-8,10-12H2,1-2H3. The second-order valence-corrected chi connectivity index (χ2v) is 7.81. The van der Waals surface area contributed by atoms with Crippen LogP contribution in [-0.2, 0) is 9.53 Å². The van der Waals surface area contributed by atoms with E-state index >= 15 is 0 Å². The van der Waals surface area contributed by atoms with Gasteiger partial charge >= 0.3 is 0 Å². The Hall–Kier alpha value is -1.82. The summed E-state index contributed by atoms with van der Waals surface area (Å²) in [4.78, 5) is 28.7. The van der Waals surface area contributed by atoms with Crippen LogP contribution in [0.15, 0.2) is 10.5 Å². The first-order valence-electron chi connectivity index (χ1n) is 9.24. The van der Waals surface area contributed by atoms with E-state index in [-0.39, 0.29) is 24.0 Å². The summed E-state index contributed by atoms with van der Waals surface area (Å²) >= 11 is 0. The Bertz CT molecular complexity index is 684. The van der Waals surface area contributed by atoms with Gasteiger partial charge < -0.3 is 19.0 Å². The lowest BCUT2D eigenvalue weighted by Crippen LogP contribution is -2.59. The Kier molecular flexibility index (Phi) is 4.10. The highest BCUT2D eigenvalue weighted by Crippen LogP contribution is 2.35. The Morgan fingerprint density at radius 2 is 2.00 bits per heavy atom. The van der Waals surface area contributed by atoms with Crippen LogP contribution in [0.1, 0.15) is 47.6 Å². The van der Waals surface area contributed by atoms with Crippen LogP contribution in [0, 0.1) is 19.8 Å². The van der Waals surface area contributed by atoms with Gasteiger partial charge in [0, 0.05) is 26.2 Å². The van der Waals surface area contributed by atoms with Crippen LogP contribution in [0.4, 0.5) is 0 Å². The zero-order valence-electron chi connectivity index (χ0n) is 15.0. The van der Waals surface area contributed by atoms with Crippen LogP contribution < -0.4 is 0 Å². The number of carbonyl (C=O) groups is 2. The molecule has 3 fully saturated rings. The van der Waals surface area contributed by atoms with E-state index in [1.165, 1.54) is 12.8 Å². The van der Waals surface area contributed by atoms with Gasteiger partial charge in [-0.1, -0.05) is 0 Å². The molecule has 25 heavy (non-hydrogen) atoms. The third-order valence-electron chi connectivity index (χ3n) is 5.74. The number of hydrogen-bond acceptors (Lipinski definition) is 4. The molecule has 3 aliphatic rings. The second-order valence-electron chi connectivity index (χ2n) is 7.81. The SMILES string of the molecule is Cc1cc(C(=O)N2CCC3(CC2)CN(CC2CC2)C(=O)CO3)c(C)o1. The van der Waals surface area contributed by atoms with Crippen molar-refractivity contribution in [1.82, 2.24) is 9.80 Å². The molecule has 2 saturated heterocycles. The van der Waals surface area contributed by atoms with E-state index in [1.807, 2.05) is 29.7 Å². The lowest BCUT2D eigenvalue weighted by atomic mass is 9.88. The average Bonchev–Trinajstić information content (AvgIpc) is 3.34. The molecule has 1 spiro atoms. The topological polar surface area (TPSA) is 63.0 Å². The van der Waals surface area contributed by atoms with Gasteiger partial charge in [0.15, 0.2) is 0 Å². The third-order valence-corrected chi connectivity index (χ3v) is 5.74. The largest absolute Gasteiger partial charge is 0.466 e. The minimum atomic E-state index is -0.277. The number of amides is 2. The van der Waals surface area contributed by atoms with Crippen molar-refractivity contribution in [3.8, 4) is 0 Å². The van der Waals surface area contributed by atoms with E-state index in [4.69, 9.17) is 9.15 Å². The smallest absolute Gasteiger partial charge is 0.257 e. The number of morpholine rings is 1. The minimum absolute atomic E-state index is 0.0333. The molecule has 2 amide bonds. The van der Waals surface area contributed by atoms with E-state index < -0.39 is 0 Å². The van der Waals surface area contributed by atoms with Crippen molar-refractivity contribution >= 4 is 11.8 Å². The molecular weight excluding hydrogens is 320 g/mol. The van der Waals surface area contributed by atoms with Gasteiger partial charge in [0.1, 0.15) is 18.1 Å². The van der Waals surface area contributed by atoms with Crippen molar-refractivity contribution in [2.75, 3.05) is 32.8 Å². The maximum absolute atomic E-state index is 12.7. The Balaban J connectivity index is 1.39. The Labute approximate surface area is 148 Å². The Morgan fingerprint density at radius 3 is 2.60 bits per heavy atom. The first-order valence-corrected chi connectivity index (χ1v) is 9.24. The molecule has 136 valence electrons. The fourth-order valence-electron chi connectivity index (χ4n) is 4.00. The number of piperidine rings is 1. The van der Waals surface area contributed by atoms with Crippen molar-refractivity contribution in [2.45, 2.75) is 45.1 Å². The van der Waals surface area contributed by atoms with Gasteiger partial charge in [-0.3, -0.25) is 9.59 Å². The molecule has 0 radical (unpaired) electrons. The number of carbonyl (C=O) groups excluding carboxylic acids is 2. The molecule has 1 aliphatic carbocycles. The summed E-state index contributed by atoms with van der Waals surface area (Å²) in [5, 5.41) is 0. The number of rotatable bonds is 3. The second kappa shape index (κ2) is 6.16. The summed E-state index contributed by atoms with van der Waals surface area (Å²) in [6, 6.07) is 1.81. The van der Waals surface area contributed by atoms with E-state index in [0.29, 0.717) is 36.9 Å². The van der Waals surface area contributed by atoms with E-state index in [2.05, 4.69) is 0 Å². The molecule has 6 nitrogen and oxygen atoms in total. The number of ether oxygens (including phenoxy) is 1. The van der Waals surface area contributed by atoms with Gasteiger partial charge in [-0.25, -0.2) is 0 Å². The van der Waals surface area contributed by atoms with Gasteiger partial charge in [0.05, 0.1) is 11.2 Å². The van der Waals surface area contributed by atoms with Crippen molar-refractivity contribution in [3.63, 3.8) is 0 Å². The van der Waals surface area contributed by atoms with Crippen LogP contribution in [0.3, 0.4) is 0 Å². The summed E-state index contributed by atoms with van der Waals surface area (Å²) < 4.78 is 11.5.